The maximum Gasteiger partial charge on any atom is 0.403 e. The van der Waals surface area contributed by atoms with Gasteiger partial charge in [-0.05, 0) is 25.2 Å². The molecule has 0 aromatic carbocycles. The second kappa shape index (κ2) is 7.28. The number of guanidine groups is 1. The Morgan fingerprint density at radius 2 is 1.74 bits per heavy atom. The lowest BCUT2D eigenvalue weighted by Gasteiger charge is -2.40. The molecular formula is C16H29F3N4. The Kier molecular flexibility index (Phi) is 5.81. The Hall–Kier alpha value is -0.980. The number of halogens is 3. The van der Waals surface area contributed by atoms with Crippen LogP contribution in [0, 0.1) is 5.41 Å². The minimum Gasteiger partial charge on any atom is -0.356 e. The Bertz CT molecular complexity index is 408. The predicted molar refractivity (Wildman–Crippen MR) is 86.6 cm³/mol. The van der Waals surface area contributed by atoms with Gasteiger partial charge in [-0.15, -0.1) is 0 Å². The van der Waals surface area contributed by atoms with Crippen LogP contribution < -0.4 is 5.32 Å². The Morgan fingerprint density at radius 3 is 2.22 bits per heavy atom. The number of hydrogen-bond donors (Lipinski definition) is 1. The molecule has 4 nitrogen and oxygen atoms in total. The van der Waals surface area contributed by atoms with E-state index in [0.29, 0.717) is 31.6 Å². The maximum atomic E-state index is 12.8. The van der Waals surface area contributed by atoms with Crippen LogP contribution in [0.1, 0.15) is 39.5 Å². The molecule has 1 heterocycles. The number of nitrogens with one attached hydrogen (secondary N) is 1. The van der Waals surface area contributed by atoms with Crippen LogP contribution in [-0.2, 0) is 0 Å². The second-order valence-corrected chi connectivity index (χ2v) is 7.16. The highest BCUT2D eigenvalue weighted by atomic mass is 19.4. The Morgan fingerprint density at radius 1 is 1.17 bits per heavy atom. The van der Waals surface area contributed by atoms with Crippen LogP contribution in [0.25, 0.3) is 0 Å². The Labute approximate surface area is 137 Å². The topological polar surface area (TPSA) is 30.9 Å². The molecule has 0 bridgehead atoms. The summed E-state index contributed by atoms with van der Waals surface area (Å²) < 4.78 is 38.4. The van der Waals surface area contributed by atoms with E-state index in [1.54, 1.807) is 7.05 Å². The first kappa shape index (κ1) is 18.4. The summed E-state index contributed by atoms with van der Waals surface area (Å²) in [5.41, 5.74) is 0.322. The normalized spacial score (nSPS) is 24.8. The molecule has 1 saturated heterocycles. The van der Waals surface area contributed by atoms with Gasteiger partial charge in [0.05, 0.1) is 0 Å². The van der Waals surface area contributed by atoms with E-state index in [-0.39, 0.29) is 0 Å². The van der Waals surface area contributed by atoms with Crippen LogP contribution in [-0.4, -0.2) is 67.7 Å². The van der Waals surface area contributed by atoms with Crippen molar-refractivity contribution in [1.82, 2.24) is 15.1 Å². The molecule has 0 aromatic rings. The molecule has 1 aliphatic heterocycles. The van der Waals surface area contributed by atoms with Gasteiger partial charge in [0.25, 0.3) is 0 Å². The van der Waals surface area contributed by atoms with E-state index < -0.39 is 12.2 Å². The van der Waals surface area contributed by atoms with E-state index in [9.17, 15) is 13.2 Å². The zero-order chi connectivity index (χ0) is 17.1. The van der Waals surface area contributed by atoms with Crippen LogP contribution in [0.2, 0.25) is 0 Å². The quantitative estimate of drug-likeness (QED) is 0.636. The summed E-state index contributed by atoms with van der Waals surface area (Å²) in [6.07, 6.45) is 0.872. The standard InChI is InChI=1S/C16H29F3N4/c1-13(16(17,18)19)22-8-10-23(11-9-22)14(20-3)21-12-15(2)6-4-5-7-15/h13H,4-12H2,1-3H3,(H,20,21). The van der Waals surface area contributed by atoms with Crippen LogP contribution in [0.5, 0.6) is 0 Å². The van der Waals surface area contributed by atoms with E-state index in [0.717, 1.165) is 12.5 Å². The number of aliphatic imine (C=N–C) groups is 1. The number of rotatable bonds is 3. The first-order chi connectivity index (χ1) is 10.7. The fraction of sp³-hybridized carbons (Fsp3) is 0.938. The Balaban J connectivity index is 1.83. The first-order valence-corrected chi connectivity index (χ1v) is 8.51. The SMILES string of the molecule is CN=C(NCC1(C)CCCC1)N1CCN(C(C)C(F)(F)F)CC1. The summed E-state index contributed by atoms with van der Waals surface area (Å²) in [5.74, 6) is 0.817. The highest BCUT2D eigenvalue weighted by Gasteiger charge is 2.41. The second-order valence-electron chi connectivity index (χ2n) is 7.16. The van der Waals surface area contributed by atoms with E-state index in [2.05, 4.69) is 22.1 Å². The van der Waals surface area contributed by atoms with Gasteiger partial charge in [-0.25, -0.2) is 0 Å². The molecule has 134 valence electrons. The van der Waals surface area contributed by atoms with Crippen molar-refractivity contribution in [2.45, 2.75) is 51.7 Å². The summed E-state index contributed by atoms with van der Waals surface area (Å²) >= 11 is 0. The van der Waals surface area contributed by atoms with E-state index in [1.807, 2.05) is 0 Å². The van der Waals surface area contributed by atoms with Crippen molar-refractivity contribution in [3.05, 3.63) is 0 Å². The van der Waals surface area contributed by atoms with Gasteiger partial charge >= 0.3 is 6.18 Å². The molecule has 2 aliphatic rings. The highest BCUT2D eigenvalue weighted by molar-refractivity contribution is 5.80. The molecule has 1 saturated carbocycles. The van der Waals surface area contributed by atoms with Gasteiger partial charge in [-0.2, -0.15) is 13.2 Å². The number of nitrogens with zero attached hydrogens (tertiary/aromatic N) is 3. The third-order valence-corrected chi connectivity index (χ3v) is 5.33. The van der Waals surface area contributed by atoms with Crippen LogP contribution in [0.15, 0.2) is 4.99 Å². The molecule has 2 fully saturated rings. The zero-order valence-electron chi connectivity index (χ0n) is 14.4. The summed E-state index contributed by atoms with van der Waals surface area (Å²) in [6.45, 7) is 6.41. The van der Waals surface area contributed by atoms with Crippen molar-refractivity contribution < 1.29 is 13.2 Å². The fourth-order valence-corrected chi connectivity index (χ4v) is 3.56. The van der Waals surface area contributed by atoms with Gasteiger partial charge < -0.3 is 10.2 Å². The van der Waals surface area contributed by atoms with Crippen molar-refractivity contribution in [3.8, 4) is 0 Å². The highest BCUT2D eigenvalue weighted by Crippen LogP contribution is 2.36. The molecule has 0 amide bonds. The van der Waals surface area contributed by atoms with Crippen LogP contribution in [0.4, 0.5) is 13.2 Å². The lowest BCUT2D eigenvalue weighted by Crippen LogP contribution is -2.57. The lowest BCUT2D eigenvalue weighted by atomic mass is 9.89. The van der Waals surface area contributed by atoms with Crippen molar-refractivity contribution in [1.29, 1.82) is 0 Å². The number of alkyl halides is 3. The van der Waals surface area contributed by atoms with Crippen molar-refractivity contribution in [3.63, 3.8) is 0 Å². The molecule has 1 N–H and O–H groups in total. The average molecular weight is 334 g/mol. The largest absolute Gasteiger partial charge is 0.403 e. The van der Waals surface area contributed by atoms with E-state index in [1.165, 1.54) is 37.5 Å². The zero-order valence-corrected chi connectivity index (χ0v) is 14.4. The van der Waals surface area contributed by atoms with Crippen molar-refractivity contribution in [2.24, 2.45) is 10.4 Å². The maximum absolute atomic E-state index is 12.8. The third-order valence-electron chi connectivity index (χ3n) is 5.33. The molecule has 7 heteroatoms. The van der Waals surface area contributed by atoms with Crippen molar-refractivity contribution in [2.75, 3.05) is 39.8 Å². The monoisotopic (exact) mass is 334 g/mol. The molecule has 1 atom stereocenters. The summed E-state index contributed by atoms with van der Waals surface area (Å²) in [5, 5.41) is 3.43. The predicted octanol–water partition coefficient (Wildman–Crippen LogP) is 2.71. The van der Waals surface area contributed by atoms with Crippen LogP contribution in [0.3, 0.4) is 0 Å². The van der Waals surface area contributed by atoms with Gasteiger partial charge in [-0.1, -0.05) is 19.8 Å². The van der Waals surface area contributed by atoms with Crippen LogP contribution >= 0.6 is 0 Å². The fourth-order valence-electron chi connectivity index (χ4n) is 3.56. The summed E-state index contributed by atoms with van der Waals surface area (Å²) in [4.78, 5) is 7.88. The molecular weight excluding hydrogens is 305 g/mol. The lowest BCUT2D eigenvalue weighted by molar-refractivity contribution is -0.181. The third kappa shape index (κ3) is 4.75. The molecule has 2 rings (SSSR count). The van der Waals surface area contributed by atoms with Gasteiger partial charge in [0, 0.05) is 39.8 Å². The van der Waals surface area contributed by atoms with Crippen molar-refractivity contribution >= 4 is 5.96 Å². The number of piperazine rings is 1. The minimum atomic E-state index is -4.15. The van der Waals surface area contributed by atoms with E-state index in [4.69, 9.17) is 0 Å². The molecule has 0 radical (unpaired) electrons. The first-order valence-electron chi connectivity index (χ1n) is 8.51. The number of hydrogen-bond acceptors (Lipinski definition) is 2. The summed E-state index contributed by atoms with van der Waals surface area (Å²) in [6, 6.07) is -1.38. The summed E-state index contributed by atoms with van der Waals surface area (Å²) in [7, 11) is 1.74. The van der Waals surface area contributed by atoms with Gasteiger partial charge in [-0.3, -0.25) is 9.89 Å². The smallest absolute Gasteiger partial charge is 0.356 e. The van der Waals surface area contributed by atoms with Gasteiger partial charge in [0.1, 0.15) is 6.04 Å². The molecule has 23 heavy (non-hydrogen) atoms. The van der Waals surface area contributed by atoms with E-state index >= 15 is 0 Å². The van der Waals surface area contributed by atoms with Gasteiger partial charge in [0.2, 0.25) is 0 Å². The molecule has 0 aromatic heterocycles. The minimum absolute atomic E-state index is 0.322. The molecule has 0 spiro atoms. The molecule has 1 aliphatic carbocycles. The average Bonchev–Trinajstić information content (AvgIpc) is 2.94. The molecule has 1 unspecified atom stereocenters. The van der Waals surface area contributed by atoms with Gasteiger partial charge in [0.15, 0.2) is 5.96 Å².